The summed E-state index contributed by atoms with van der Waals surface area (Å²) in [4.78, 5) is 0. The molecule has 0 saturated heterocycles. The van der Waals surface area contributed by atoms with Crippen LogP contribution in [-0.2, 0) is 5.33 Å². The lowest BCUT2D eigenvalue weighted by molar-refractivity contribution is 0.307. The number of rotatable bonds is 6. The number of para-hydroxylation sites is 1. The van der Waals surface area contributed by atoms with Crippen molar-refractivity contribution in [3.05, 3.63) is 29.8 Å². The van der Waals surface area contributed by atoms with Crippen LogP contribution in [0.1, 0.15) is 18.4 Å². The van der Waals surface area contributed by atoms with Crippen molar-refractivity contribution in [2.45, 2.75) is 18.2 Å². The Morgan fingerprint density at radius 2 is 2.00 bits per heavy atom. The molecule has 78 valence electrons. The molecular formula is C11H14BrClO. The van der Waals surface area contributed by atoms with Gasteiger partial charge in [-0.05, 0) is 18.9 Å². The molecule has 1 rings (SSSR count). The highest BCUT2D eigenvalue weighted by atomic mass is 79.9. The fraction of sp³-hybridized carbons (Fsp3) is 0.455. The average molecular weight is 278 g/mol. The third-order valence-corrected chi connectivity index (χ3v) is 2.77. The second kappa shape index (κ2) is 7.13. The number of hydrogen-bond donors (Lipinski definition) is 0. The highest BCUT2D eigenvalue weighted by molar-refractivity contribution is 9.08. The van der Waals surface area contributed by atoms with E-state index >= 15 is 0 Å². The number of halogens is 2. The van der Waals surface area contributed by atoms with Crippen LogP contribution in [0.25, 0.3) is 0 Å². The molecule has 1 aromatic carbocycles. The summed E-state index contributed by atoms with van der Waals surface area (Å²) >= 11 is 9.01. The Bertz CT molecular complexity index is 265. The van der Waals surface area contributed by atoms with Crippen LogP contribution in [-0.4, -0.2) is 12.5 Å². The molecule has 0 bridgehead atoms. The van der Waals surface area contributed by atoms with Crippen molar-refractivity contribution < 1.29 is 4.74 Å². The SMILES string of the molecule is ClCCCCOc1ccccc1CBr. The van der Waals surface area contributed by atoms with Gasteiger partial charge in [0.1, 0.15) is 5.75 Å². The molecule has 0 amide bonds. The molecule has 0 aliphatic heterocycles. The maximum Gasteiger partial charge on any atom is 0.123 e. The molecule has 0 heterocycles. The van der Waals surface area contributed by atoms with Gasteiger partial charge in [0.2, 0.25) is 0 Å². The lowest BCUT2D eigenvalue weighted by atomic mass is 10.2. The molecule has 0 aliphatic carbocycles. The summed E-state index contributed by atoms with van der Waals surface area (Å²) in [7, 11) is 0. The van der Waals surface area contributed by atoms with Crippen molar-refractivity contribution in [3.63, 3.8) is 0 Å². The summed E-state index contributed by atoms with van der Waals surface area (Å²) in [5, 5.41) is 0.832. The van der Waals surface area contributed by atoms with Crippen LogP contribution in [0.5, 0.6) is 5.75 Å². The summed E-state index contributed by atoms with van der Waals surface area (Å²) in [6.45, 7) is 0.747. The van der Waals surface area contributed by atoms with Crippen LogP contribution in [0.4, 0.5) is 0 Å². The van der Waals surface area contributed by atoms with E-state index in [1.54, 1.807) is 0 Å². The Morgan fingerprint density at radius 1 is 1.21 bits per heavy atom. The number of ether oxygens (including phenoxy) is 1. The van der Waals surface area contributed by atoms with Gasteiger partial charge in [0.05, 0.1) is 6.61 Å². The van der Waals surface area contributed by atoms with Crippen LogP contribution in [0.15, 0.2) is 24.3 Å². The molecule has 0 fully saturated rings. The normalized spacial score (nSPS) is 10.1. The van der Waals surface area contributed by atoms with Crippen LogP contribution >= 0.6 is 27.5 Å². The third kappa shape index (κ3) is 3.89. The summed E-state index contributed by atoms with van der Waals surface area (Å²) in [6, 6.07) is 8.06. The van der Waals surface area contributed by atoms with Gasteiger partial charge in [-0.1, -0.05) is 34.1 Å². The number of benzene rings is 1. The van der Waals surface area contributed by atoms with Crippen molar-refractivity contribution in [2.24, 2.45) is 0 Å². The fourth-order valence-electron chi connectivity index (χ4n) is 1.13. The number of alkyl halides is 2. The second-order valence-electron chi connectivity index (χ2n) is 2.99. The summed E-state index contributed by atoms with van der Waals surface area (Å²) in [5.74, 6) is 1.68. The number of unbranched alkanes of at least 4 members (excludes halogenated alkanes) is 1. The molecule has 0 unspecified atom stereocenters. The first-order valence-corrected chi connectivity index (χ1v) is 6.36. The Labute approximate surface area is 98.5 Å². The van der Waals surface area contributed by atoms with Gasteiger partial charge in [0, 0.05) is 16.8 Å². The maximum absolute atomic E-state index is 5.64. The molecule has 1 aromatic rings. The van der Waals surface area contributed by atoms with E-state index in [0.717, 1.165) is 30.5 Å². The van der Waals surface area contributed by atoms with E-state index in [2.05, 4.69) is 22.0 Å². The molecule has 0 spiro atoms. The Balaban J connectivity index is 2.41. The van der Waals surface area contributed by atoms with Gasteiger partial charge in [-0.25, -0.2) is 0 Å². The van der Waals surface area contributed by atoms with Crippen LogP contribution in [0.2, 0.25) is 0 Å². The van der Waals surface area contributed by atoms with E-state index in [4.69, 9.17) is 16.3 Å². The first kappa shape index (κ1) is 11.9. The largest absolute Gasteiger partial charge is 0.493 e. The minimum absolute atomic E-state index is 0.712. The molecule has 14 heavy (non-hydrogen) atoms. The fourth-order valence-corrected chi connectivity index (χ4v) is 1.79. The average Bonchev–Trinajstić information content (AvgIpc) is 2.25. The molecule has 0 atom stereocenters. The zero-order chi connectivity index (χ0) is 10.2. The summed E-state index contributed by atoms with van der Waals surface area (Å²) in [6.07, 6.45) is 2.03. The summed E-state index contributed by atoms with van der Waals surface area (Å²) < 4.78 is 5.64. The quantitative estimate of drug-likeness (QED) is 0.564. The molecule has 1 nitrogen and oxygen atoms in total. The van der Waals surface area contributed by atoms with Crippen molar-refractivity contribution in [1.29, 1.82) is 0 Å². The highest BCUT2D eigenvalue weighted by Crippen LogP contribution is 2.20. The molecule has 0 saturated carbocycles. The van der Waals surface area contributed by atoms with Gasteiger partial charge in [-0.2, -0.15) is 0 Å². The van der Waals surface area contributed by atoms with E-state index in [-0.39, 0.29) is 0 Å². The van der Waals surface area contributed by atoms with E-state index in [9.17, 15) is 0 Å². The lowest BCUT2D eigenvalue weighted by Crippen LogP contribution is -1.99. The standard InChI is InChI=1S/C11H14BrClO/c12-9-10-5-1-2-6-11(10)14-8-4-3-7-13/h1-2,5-6H,3-4,7-9H2. The van der Waals surface area contributed by atoms with Crippen LogP contribution in [0, 0.1) is 0 Å². The van der Waals surface area contributed by atoms with Gasteiger partial charge in [0.25, 0.3) is 0 Å². The van der Waals surface area contributed by atoms with E-state index < -0.39 is 0 Å². The first-order valence-electron chi connectivity index (χ1n) is 4.71. The van der Waals surface area contributed by atoms with Gasteiger partial charge in [0.15, 0.2) is 0 Å². The predicted molar refractivity (Wildman–Crippen MR) is 64.5 cm³/mol. The first-order chi connectivity index (χ1) is 6.88. The monoisotopic (exact) mass is 276 g/mol. The molecule has 3 heteroatoms. The minimum atomic E-state index is 0.712. The smallest absolute Gasteiger partial charge is 0.123 e. The molecule has 0 aromatic heterocycles. The number of hydrogen-bond acceptors (Lipinski definition) is 1. The zero-order valence-electron chi connectivity index (χ0n) is 8.01. The van der Waals surface area contributed by atoms with E-state index in [1.165, 1.54) is 5.56 Å². The Hall–Kier alpha value is -0.210. The van der Waals surface area contributed by atoms with Gasteiger partial charge in [-0.3, -0.25) is 0 Å². The zero-order valence-corrected chi connectivity index (χ0v) is 10.4. The predicted octanol–water partition coefficient (Wildman–Crippen LogP) is 3.98. The van der Waals surface area contributed by atoms with Crippen molar-refractivity contribution in [1.82, 2.24) is 0 Å². The van der Waals surface area contributed by atoms with Gasteiger partial charge >= 0.3 is 0 Å². The molecule has 0 aliphatic rings. The van der Waals surface area contributed by atoms with E-state index in [1.807, 2.05) is 18.2 Å². The lowest BCUT2D eigenvalue weighted by Gasteiger charge is -2.08. The van der Waals surface area contributed by atoms with E-state index in [0.29, 0.717) is 5.88 Å². The maximum atomic E-state index is 5.64. The third-order valence-electron chi connectivity index (χ3n) is 1.90. The topological polar surface area (TPSA) is 9.23 Å². The van der Waals surface area contributed by atoms with Crippen molar-refractivity contribution in [2.75, 3.05) is 12.5 Å². The van der Waals surface area contributed by atoms with Crippen molar-refractivity contribution >= 4 is 27.5 Å². The van der Waals surface area contributed by atoms with Crippen molar-refractivity contribution in [3.8, 4) is 5.75 Å². The molecule has 0 N–H and O–H groups in total. The summed E-state index contributed by atoms with van der Waals surface area (Å²) in [5.41, 5.74) is 1.19. The van der Waals surface area contributed by atoms with Gasteiger partial charge in [-0.15, -0.1) is 11.6 Å². The van der Waals surface area contributed by atoms with Crippen LogP contribution < -0.4 is 4.74 Å². The minimum Gasteiger partial charge on any atom is -0.493 e. The Kier molecular flexibility index (Phi) is 6.04. The Morgan fingerprint density at radius 3 is 2.71 bits per heavy atom. The van der Waals surface area contributed by atoms with Gasteiger partial charge < -0.3 is 4.74 Å². The second-order valence-corrected chi connectivity index (χ2v) is 3.92. The molecule has 0 radical (unpaired) electrons. The highest BCUT2D eigenvalue weighted by Gasteiger charge is 2.00. The van der Waals surface area contributed by atoms with Crippen LogP contribution in [0.3, 0.4) is 0 Å². The molecular weight excluding hydrogens is 263 g/mol.